The Labute approximate surface area is 152 Å². The Bertz CT molecular complexity index is 524. The van der Waals surface area contributed by atoms with Crippen LogP contribution in [-0.4, -0.2) is 68.5 Å². The molecule has 6 nitrogen and oxygen atoms in total. The number of hydrogen-bond donors (Lipinski definition) is 1. The van der Waals surface area contributed by atoms with Crippen molar-refractivity contribution in [3.05, 3.63) is 11.6 Å². The topological polar surface area (TPSA) is 57.4 Å². The minimum absolute atomic E-state index is 0.118. The fourth-order valence-corrected chi connectivity index (χ4v) is 4.20. The highest BCUT2D eigenvalue weighted by Crippen LogP contribution is 2.26. The lowest BCUT2D eigenvalue weighted by molar-refractivity contribution is 0.0775. The van der Waals surface area contributed by atoms with Crippen molar-refractivity contribution < 1.29 is 5.11 Å². The molecule has 1 atom stereocenters. The molecule has 0 spiro atoms. The van der Waals surface area contributed by atoms with E-state index in [-0.39, 0.29) is 6.10 Å². The number of piperidine rings is 2. The van der Waals surface area contributed by atoms with Crippen molar-refractivity contribution in [3.8, 4) is 0 Å². The lowest BCUT2D eigenvalue weighted by Crippen LogP contribution is -2.36. The number of aliphatic hydroxyl groups excluding tert-OH is 1. The summed E-state index contributed by atoms with van der Waals surface area (Å²) in [4.78, 5) is 5.00. The molecule has 3 rings (SSSR count). The van der Waals surface area contributed by atoms with Gasteiger partial charge in [0.25, 0.3) is 0 Å². The van der Waals surface area contributed by atoms with Gasteiger partial charge in [-0.25, -0.2) is 0 Å². The summed E-state index contributed by atoms with van der Waals surface area (Å²) in [5, 5.41) is 18.7. The van der Waals surface area contributed by atoms with Crippen LogP contribution in [0, 0.1) is 0 Å². The van der Waals surface area contributed by atoms with Crippen LogP contribution in [0.15, 0.2) is 0 Å². The quantitative estimate of drug-likeness (QED) is 0.765. The minimum atomic E-state index is -0.118. The maximum absolute atomic E-state index is 9.66. The fraction of sp³-hybridized carbons (Fsp3) is 0.895. The number of nitrogens with zero attached hydrogens (tertiary/aromatic N) is 5. The first-order valence-corrected chi connectivity index (χ1v) is 10.2. The van der Waals surface area contributed by atoms with Crippen LogP contribution in [0.1, 0.15) is 69.4 Å². The molecule has 25 heavy (non-hydrogen) atoms. The molecule has 0 saturated carbocycles. The van der Waals surface area contributed by atoms with Gasteiger partial charge in [-0.05, 0) is 45.2 Å². The molecule has 1 N–H and O–H groups in total. The second-order valence-corrected chi connectivity index (χ2v) is 7.89. The fourth-order valence-electron chi connectivity index (χ4n) is 4.20. The highest BCUT2D eigenvalue weighted by atomic mass is 16.3. The van der Waals surface area contributed by atoms with E-state index in [9.17, 15) is 5.11 Å². The third-order valence-corrected chi connectivity index (χ3v) is 5.87. The molecule has 2 aliphatic rings. The average molecular weight is 350 g/mol. The predicted molar refractivity (Wildman–Crippen MR) is 99.5 cm³/mol. The lowest BCUT2D eigenvalue weighted by Gasteiger charge is -2.32. The van der Waals surface area contributed by atoms with Crippen molar-refractivity contribution in [2.45, 2.75) is 70.4 Å². The lowest BCUT2D eigenvalue weighted by atomic mass is 9.97. The van der Waals surface area contributed by atoms with Crippen molar-refractivity contribution in [1.82, 2.24) is 24.6 Å². The second kappa shape index (κ2) is 9.10. The zero-order valence-electron chi connectivity index (χ0n) is 16.0. The molecule has 0 radical (unpaired) electrons. The average Bonchev–Trinajstić information content (AvgIpc) is 2.98. The Morgan fingerprint density at radius 2 is 1.84 bits per heavy atom. The molecule has 2 aliphatic heterocycles. The summed E-state index contributed by atoms with van der Waals surface area (Å²) in [6.07, 6.45) is 8.06. The number of aromatic nitrogens is 3. The van der Waals surface area contributed by atoms with Crippen molar-refractivity contribution >= 4 is 0 Å². The summed E-state index contributed by atoms with van der Waals surface area (Å²) in [7, 11) is 2.12. The molecule has 0 unspecified atom stereocenters. The molecule has 1 aromatic heterocycles. The molecular formula is C19H35N5O. The first kappa shape index (κ1) is 18.8. The van der Waals surface area contributed by atoms with E-state index in [1.807, 2.05) is 0 Å². The van der Waals surface area contributed by atoms with Crippen LogP contribution >= 0.6 is 0 Å². The zero-order valence-corrected chi connectivity index (χ0v) is 16.0. The first-order valence-electron chi connectivity index (χ1n) is 10.2. The third kappa shape index (κ3) is 5.02. The van der Waals surface area contributed by atoms with E-state index in [2.05, 4.69) is 38.5 Å². The van der Waals surface area contributed by atoms with Crippen LogP contribution in [0.2, 0.25) is 0 Å². The molecule has 0 aromatic carbocycles. The van der Waals surface area contributed by atoms with Crippen LogP contribution in [0.3, 0.4) is 0 Å². The molecule has 2 fully saturated rings. The Morgan fingerprint density at radius 1 is 1.04 bits per heavy atom. The maximum atomic E-state index is 9.66. The monoisotopic (exact) mass is 349 g/mol. The summed E-state index contributed by atoms with van der Waals surface area (Å²) in [5.74, 6) is 2.74. The Hall–Kier alpha value is -0.980. The van der Waals surface area contributed by atoms with Gasteiger partial charge in [-0.15, -0.1) is 10.2 Å². The number of rotatable bonds is 7. The van der Waals surface area contributed by atoms with Gasteiger partial charge in [0, 0.05) is 32.6 Å². The SMILES string of the molecule is CCCCCN1CCC[C@@H](c2nnc(CN3CCC(O)CC3)n2C)C1. The van der Waals surface area contributed by atoms with Crippen molar-refractivity contribution in [2.75, 3.05) is 32.7 Å². The van der Waals surface area contributed by atoms with Gasteiger partial charge in [-0.2, -0.15) is 0 Å². The highest BCUT2D eigenvalue weighted by Gasteiger charge is 2.26. The van der Waals surface area contributed by atoms with Gasteiger partial charge in [0.2, 0.25) is 0 Å². The van der Waals surface area contributed by atoms with E-state index >= 15 is 0 Å². The number of likely N-dealkylation sites (tertiary alicyclic amines) is 2. The van der Waals surface area contributed by atoms with Crippen molar-refractivity contribution in [1.29, 1.82) is 0 Å². The molecule has 6 heteroatoms. The normalized spacial score (nSPS) is 24.0. The number of hydrogen-bond acceptors (Lipinski definition) is 5. The van der Waals surface area contributed by atoms with Crippen LogP contribution in [0.25, 0.3) is 0 Å². The Balaban J connectivity index is 1.56. The molecule has 1 aromatic rings. The predicted octanol–water partition coefficient (Wildman–Crippen LogP) is 2.14. The van der Waals surface area contributed by atoms with Crippen molar-refractivity contribution in [2.24, 2.45) is 7.05 Å². The van der Waals surface area contributed by atoms with E-state index < -0.39 is 0 Å². The van der Waals surface area contributed by atoms with Gasteiger partial charge in [-0.1, -0.05) is 19.8 Å². The Kier molecular flexibility index (Phi) is 6.84. The van der Waals surface area contributed by atoms with Gasteiger partial charge in [-0.3, -0.25) is 4.90 Å². The van der Waals surface area contributed by atoms with Crippen LogP contribution in [0.4, 0.5) is 0 Å². The van der Waals surface area contributed by atoms with Crippen LogP contribution in [-0.2, 0) is 13.6 Å². The number of aliphatic hydroxyl groups is 1. The molecule has 0 bridgehead atoms. The second-order valence-electron chi connectivity index (χ2n) is 7.89. The van der Waals surface area contributed by atoms with E-state index in [1.165, 1.54) is 45.2 Å². The molecule has 3 heterocycles. The first-order chi connectivity index (χ1) is 12.2. The summed E-state index contributed by atoms with van der Waals surface area (Å²) < 4.78 is 2.23. The van der Waals surface area contributed by atoms with Crippen LogP contribution < -0.4 is 0 Å². The van der Waals surface area contributed by atoms with Gasteiger partial charge < -0.3 is 14.6 Å². The van der Waals surface area contributed by atoms with E-state index in [0.29, 0.717) is 5.92 Å². The van der Waals surface area contributed by atoms with Gasteiger partial charge in [0.1, 0.15) is 11.6 Å². The summed E-state index contributed by atoms with van der Waals surface area (Å²) in [6.45, 7) is 8.63. The third-order valence-electron chi connectivity index (χ3n) is 5.87. The largest absolute Gasteiger partial charge is 0.393 e. The zero-order chi connectivity index (χ0) is 17.6. The summed E-state index contributed by atoms with van der Waals surface area (Å²) in [6, 6.07) is 0. The van der Waals surface area contributed by atoms with Crippen LogP contribution in [0.5, 0.6) is 0 Å². The highest BCUT2D eigenvalue weighted by molar-refractivity contribution is 5.04. The van der Waals surface area contributed by atoms with Crippen molar-refractivity contribution in [3.63, 3.8) is 0 Å². The van der Waals surface area contributed by atoms with E-state index in [1.54, 1.807) is 0 Å². The Morgan fingerprint density at radius 3 is 2.60 bits per heavy atom. The molecule has 2 saturated heterocycles. The molecule has 0 amide bonds. The smallest absolute Gasteiger partial charge is 0.146 e. The summed E-state index contributed by atoms with van der Waals surface area (Å²) >= 11 is 0. The van der Waals surface area contributed by atoms with Gasteiger partial charge in [0.15, 0.2) is 0 Å². The standard InChI is InChI=1S/C19H35N5O/c1-3-4-5-10-23-11-6-7-16(14-23)19-21-20-18(22(19)2)15-24-12-8-17(25)9-13-24/h16-17,25H,3-15H2,1-2H3/t16-/m1/s1. The van der Waals surface area contributed by atoms with Gasteiger partial charge >= 0.3 is 0 Å². The van der Waals surface area contributed by atoms with E-state index in [0.717, 1.165) is 50.7 Å². The molecule has 0 aliphatic carbocycles. The van der Waals surface area contributed by atoms with Gasteiger partial charge in [0.05, 0.1) is 12.6 Å². The minimum Gasteiger partial charge on any atom is -0.393 e. The molecule has 142 valence electrons. The van der Waals surface area contributed by atoms with E-state index in [4.69, 9.17) is 0 Å². The molecular weight excluding hydrogens is 314 g/mol. The maximum Gasteiger partial charge on any atom is 0.146 e. The number of unbranched alkanes of at least 4 members (excludes halogenated alkanes) is 2. The summed E-state index contributed by atoms with van der Waals surface area (Å²) in [5.41, 5.74) is 0.